The molecule has 0 unspecified atom stereocenters. The Balaban J connectivity index is 1.56. The van der Waals surface area contributed by atoms with Crippen LogP contribution >= 0.6 is 0 Å². The van der Waals surface area contributed by atoms with Gasteiger partial charge < -0.3 is 14.6 Å². The Bertz CT molecular complexity index is 446. The Morgan fingerprint density at radius 2 is 1.74 bits per heavy atom. The summed E-state index contributed by atoms with van der Waals surface area (Å²) in [4.78, 5) is 10.5. The normalized spacial score (nSPS) is 20.5. The predicted octanol–water partition coefficient (Wildman–Crippen LogP) is 4.14. The first-order chi connectivity index (χ1) is 11.3. The van der Waals surface area contributed by atoms with Crippen molar-refractivity contribution in [2.75, 3.05) is 19.8 Å². The van der Waals surface area contributed by atoms with E-state index in [0.717, 1.165) is 51.3 Å². The van der Waals surface area contributed by atoms with Gasteiger partial charge in [0.25, 0.3) is 0 Å². The first-order valence-corrected chi connectivity index (χ1v) is 8.73. The van der Waals surface area contributed by atoms with Crippen LogP contribution in [0.2, 0.25) is 0 Å². The predicted molar refractivity (Wildman–Crippen MR) is 89.7 cm³/mol. The van der Waals surface area contributed by atoms with Crippen LogP contribution < -0.4 is 4.74 Å². The van der Waals surface area contributed by atoms with Gasteiger partial charge in [-0.2, -0.15) is 0 Å². The van der Waals surface area contributed by atoms with Crippen LogP contribution in [0, 0.1) is 11.8 Å². The molecule has 0 spiro atoms. The van der Waals surface area contributed by atoms with Crippen LogP contribution in [0.1, 0.15) is 44.9 Å². The zero-order chi connectivity index (χ0) is 16.3. The second-order valence-electron chi connectivity index (χ2n) is 6.35. The molecule has 1 aromatic carbocycles. The van der Waals surface area contributed by atoms with Crippen LogP contribution in [0.25, 0.3) is 0 Å². The third kappa shape index (κ3) is 7.04. The summed E-state index contributed by atoms with van der Waals surface area (Å²) in [5.74, 6) is 1.47. The molecule has 1 fully saturated rings. The van der Waals surface area contributed by atoms with Crippen molar-refractivity contribution in [1.82, 2.24) is 0 Å². The zero-order valence-electron chi connectivity index (χ0n) is 13.8. The Labute approximate surface area is 138 Å². The van der Waals surface area contributed by atoms with Crippen LogP contribution in [0.4, 0.5) is 0 Å². The van der Waals surface area contributed by atoms with E-state index in [1.807, 2.05) is 30.3 Å². The van der Waals surface area contributed by atoms with Gasteiger partial charge in [0.2, 0.25) is 0 Å². The molecule has 2 atom stereocenters. The molecule has 23 heavy (non-hydrogen) atoms. The van der Waals surface area contributed by atoms with E-state index in [4.69, 9.17) is 14.6 Å². The van der Waals surface area contributed by atoms with Gasteiger partial charge in [-0.05, 0) is 43.2 Å². The molecule has 1 aliphatic rings. The first-order valence-electron chi connectivity index (χ1n) is 8.73. The molecule has 1 saturated heterocycles. The summed E-state index contributed by atoms with van der Waals surface area (Å²) in [7, 11) is 0. The van der Waals surface area contributed by atoms with Crippen molar-refractivity contribution in [3.05, 3.63) is 30.3 Å². The summed E-state index contributed by atoms with van der Waals surface area (Å²) in [6.07, 6.45) is 6.63. The number of carboxylic acid groups (broad SMARTS) is 1. The van der Waals surface area contributed by atoms with Crippen molar-refractivity contribution in [3.8, 4) is 5.75 Å². The summed E-state index contributed by atoms with van der Waals surface area (Å²) in [6.45, 7) is 2.46. The average Bonchev–Trinajstić information content (AvgIpc) is 2.99. The van der Waals surface area contributed by atoms with Gasteiger partial charge >= 0.3 is 5.97 Å². The number of carbonyl (C=O) groups is 1. The van der Waals surface area contributed by atoms with Gasteiger partial charge in [-0.1, -0.05) is 37.5 Å². The topological polar surface area (TPSA) is 55.8 Å². The molecule has 0 aromatic heterocycles. The number of benzene rings is 1. The van der Waals surface area contributed by atoms with Crippen LogP contribution in [0.15, 0.2) is 30.3 Å². The molecule has 1 N–H and O–H groups in total. The largest absolute Gasteiger partial charge is 0.494 e. The quantitative estimate of drug-likeness (QED) is 0.623. The molecule has 0 aliphatic carbocycles. The fourth-order valence-corrected chi connectivity index (χ4v) is 3.16. The molecule has 128 valence electrons. The lowest BCUT2D eigenvalue weighted by Crippen LogP contribution is -2.15. The highest BCUT2D eigenvalue weighted by molar-refractivity contribution is 5.66. The van der Waals surface area contributed by atoms with E-state index in [2.05, 4.69) is 0 Å². The number of unbranched alkanes of at least 4 members (excludes halogenated alkanes) is 3. The average molecular weight is 320 g/mol. The molecule has 1 aromatic rings. The van der Waals surface area contributed by atoms with Crippen LogP contribution in [0.3, 0.4) is 0 Å². The van der Waals surface area contributed by atoms with Crippen molar-refractivity contribution in [2.24, 2.45) is 11.8 Å². The summed E-state index contributed by atoms with van der Waals surface area (Å²) in [5.41, 5.74) is 0. The molecule has 2 rings (SSSR count). The van der Waals surface area contributed by atoms with E-state index in [1.54, 1.807) is 0 Å². The van der Waals surface area contributed by atoms with Gasteiger partial charge in [0.15, 0.2) is 0 Å². The lowest BCUT2D eigenvalue weighted by atomic mass is 9.88. The van der Waals surface area contributed by atoms with Gasteiger partial charge in [-0.15, -0.1) is 0 Å². The maximum absolute atomic E-state index is 10.5. The van der Waals surface area contributed by atoms with Crippen molar-refractivity contribution >= 4 is 5.97 Å². The molecule has 4 heteroatoms. The number of rotatable bonds is 11. The molecule has 0 radical (unpaired) electrons. The van der Waals surface area contributed by atoms with Gasteiger partial charge in [0.05, 0.1) is 6.61 Å². The highest BCUT2D eigenvalue weighted by atomic mass is 16.5. The maximum atomic E-state index is 10.5. The van der Waals surface area contributed by atoms with Crippen molar-refractivity contribution < 1.29 is 19.4 Å². The molecular weight excluding hydrogens is 292 g/mol. The van der Waals surface area contributed by atoms with Gasteiger partial charge in [0, 0.05) is 19.6 Å². The Hall–Kier alpha value is -1.55. The SMILES string of the molecule is O=C(O)CCCCCC[C@H]1COC[C@H]1CCOc1ccccc1. The summed E-state index contributed by atoms with van der Waals surface area (Å²) >= 11 is 0. The molecule has 4 nitrogen and oxygen atoms in total. The highest BCUT2D eigenvalue weighted by Gasteiger charge is 2.27. The minimum atomic E-state index is -0.687. The van der Waals surface area contributed by atoms with Crippen LogP contribution in [-0.4, -0.2) is 30.9 Å². The van der Waals surface area contributed by atoms with Crippen LogP contribution in [0.5, 0.6) is 5.75 Å². The number of carboxylic acids is 1. The van der Waals surface area contributed by atoms with E-state index in [-0.39, 0.29) is 0 Å². The number of ether oxygens (including phenoxy) is 2. The Kier molecular flexibility index (Phi) is 7.95. The number of hydrogen-bond acceptors (Lipinski definition) is 3. The van der Waals surface area contributed by atoms with Crippen LogP contribution in [-0.2, 0) is 9.53 Å². The fraction of sp³-hybridized carbons (Fsp3) is 0.632. The summed E-state index contributed by atoms with van der Waals surface area (Å²) in [5, 5.41) is 8.61. The van der Waals surface area contributed by atoms with Crippen molar-refractivity contribution in [1.29, 1.82) is 0 Å². The summed E-state index contributed by atoms with van der Waals surface area (Å²) in [6, 6.07) is 9.94. The van der Waals surface area contributed by atoms with E-state index < -0.39 is 5.97 Å². The lowest BCUT2D eigenvalue weighted by molar-refractivity contribution is -0.137. The monoisotopic (exact) mass is 320 g/mol. The minimum Gasteiger partial charge on any atom is -0.494 e. The standard InChI is InChI=1S/C19H28O4/c20-19(21)11-7-2-1-4-8-16-14-22-15-17(16)12-13-23-18-9-5-3-6-10-18/h3,5-6,9-10,16-17H,1-2,4,7-8,11-15H2,(H,20,21)/t16-,17+/m0/s1. The Morgan fingerprint density at radius 3 is 2.48 bits per heavy atom. The highest BCUT2D eigenvalue weighted by Crippen LogP contribution is 2.29. The van der Waals surface area contributed by atoms with E-state index in [1.165, 1.54) is 12.8 Å². The molecule has 1 heterocycles. The first kappa shape index (κ1) is 17.8. The number of hydrogen-bond donors (Lipinski definition) is 1. The second-order valence-corrected chi connectivity index (χ2v) is 6.35. The fourth-order valence-electron chi connectivity index (χ4n) is 3.16. The number of para-hydroxylation sites is 1. The van der Waals surface area contributed by atoms with Gasteiger partial charge in [0.1, 0.15) is 5.75 Å². The molecular formula is C19H28O4. The minimum absolute atomic E-state index is 0.298. The van der Waals surface area contributed by atoms with E-state index in [9.17, 15) is 4.79 Å². The van der Waals surface area contributed by atoms with E-state index in [0.29, 0.717) is 18.3 Å². The third-order valence-corrected chi connectivity index (χ3v) is 4.55. The van der Waals surface area contributed by atoms with E-state index >= 15 is 0 Å². The molecule has 0 bridgehead atoms. The smallest absolute Gasteiger partial charge is 0.303 e. The summed E-state index contributed by atoms with van der Waals surface area (Å²) < 4.78 is 11.4. The molecule has 0 saturated carbocycles. The lowest BCUT2D eigenvalue weighted by Gasteiger charge is -2.17. The third-order valence-electron chi connectivity index (χ3n) is 4.55. The maximum Gasteiger partial charge on any atom is 0.303 e. The molecule has 0 amide bonds. The zero-order valence-corrected chi connectivity index (χ0v) is 13.8. The second kappa shape index (κ2) is 10.3. The van der Waals surface area contributed by atoms with Crippen molar-refractivity contribution in [2.45, 2.75) is 44.9 Å². The van der Waals surface area contributed by atoms with Gasteiger partial charge in [-0.25, -0.2) is 0 Å². The Morgan fingerprint density at radius 1 is 1.04 bits per heavy atom. The number of aliphatic carboxylic acids is 1. The van der Waals surface area contributed by atoms with Crippen molar-refractivity contribution in [3.63, 3.8) is 0 Å². The van der Waals surface area contributed by atoms with Gasteiger partial charge in [-0.3, -0.25) is 4.79 Å². The molecule has 1 aliphatic heterocycles.